The van der Waals surface area contributed by atoms with Gasteiger partial charge in [-0.05, 0) is 121 Å². The SMILES string of the molecule is CC(C)[C@@H](C)/C=C/[C@@H](C)[C@H]1CC[C@H]2/C(=C/[C@@H]3C4=C(CS3(=O)=O)[C@@H](O[Si](C)(C)C(C)(C)C)C[C@H](O[Si](C)(C)C(C)(C)C)C4)CCC[C@]12C. The van der Waals surface area contributed by atoms with Crippen LogP contribution in [-0.4, -0.2) is 48.3 Å². The molecule has 8 atom stereocenters. The summed E-state index contributed by atoms with van der Waals surface area (Å²) < 4.78 is 42.7. The molecule has 0 amide bonds. The minimum atomic E-state index is -3.36. The van der Waals surface area contributed by atoms with E-state index in [-0.39, 0.29) is 33.5 Å². The lowest BCUT2D eigenvalue weighted by atomic mass is 9.61. The zero-order valence-corrected chi connectivity index (χ0v) is 35.9. The fourth-order valence-corrected chi connectivity index (χ4v) is 13.4. The molecular formula is C40H72O4SSi2. The molecule has 0 unspecified atom stereocenters. The van der Waals surface area contributed by atoms with Crippen LogP contribution >= 0.6 is 0 Å². The Labute approximate surface area is 293 Å². The van der Waals surface area contributed by atoms with Gasteiger partial charge in [-0.2, -0.15) is 0 Å². The molecule has 1 heterocycles. The van der Waals surface area contributed by atoms with Crippen LogP contribution in [0, 0.1) is 35.0 Å². The van der Waals surface area contributed by atoms with E-state index in [0.717, 1.165) is 30.4 Å². The lowest BCUT2D eigenvalue weighted by molar-refractivity contribution is 0.0979. The summed E-state index contributed by atoms with van der Waals surface area (Å²) in [5.41, 5.74) is 3.82. The van der Waals surface area contributed by atoms with Crippen LogP contribution in [0.2, 0.25) is 36.3 Å². The summed E-state index contributed by atoms with van der Waals surface area (Å²) in [7, 11) is -7.58. The number of rotatable bonds is 9. The van der Waals surface area contributed by atoms with Crippen molar-refractivity contribution in [3.63, 3.8) is 0 Å². The molecule has 0 aromatic heterocycles. The number of allylic oxidation sites excluding steroid dienone is 3. The van der Waals surface area contributed by atoms with Crippen molar-refractivity contribution in [2.24, 2.45) is 35.0 Å². The third kappa shape index (κ3) is 8.05. The number of fused-ring (bicyclic) bond motifs is 1. The van der Waals surface area contributed by atoms with Gasteiger partial charge in [0.2, 0.25) is 0 Å². The molecule has 3 aliphatic carbocycles. The van der Waals surface area contributed by atoms with Crippen molar-refractivity contribution in [1.82, 2.24) is 0 Å². The van der Waals surface area contributed by atoms with Crippen molar-refractivity contribution in [3.05, 3.63) is 34.9 Å². The molecule has 7 heteroatoms. The minimum Gasteiger partial charge on any atom is -0.414 e. The zero-order chi connectivity index (χ0) is 35.5. The summed E-state index contributed by atoms with van der Waals surface area (Å²) >= 11 is 0. The normalized spacial score (nSPS) is 34.3. The topological polar surface area (TPSA) is 52.6 Å². The van der Waals surface area contributed by atoms with Crippen LogP contribution in [0.3, 0.4) is 0 Å². The van der Waals surface area contributed by atoms with E-state index in [1.807, 2.05) is 0 Å². The van der Waals surface area contributed by atoms with E-state index in [1.165, 1.54) is 24.8 Å². The largest absolute Gasteiger partial charge is 0.414 e. The fourth-order valence-electron chi connectivity index (χ4n) is 8.64. The quantitative estimate of drug-likeness (QED) is 0.177. The highest BCUT2D eigenvalue weighted by Gasteiger charge is 2.53. The second-order valence-electron chi connectivity index (χ2n) is 19.8. The standard InChI is InChI=1S/C40H72O4SSi2/c1-27(2)28(3)18-19-29(4)34-20-21-35-30(17-16-22-40(34,35)11)23-37-32-24-31(43-46(12,13)38(5,6)7)25-36(33(32)26-45(37,41)42)44-47(14,15)39(8,9)10/h18-19,23,27-29,31,34-37H,16-17,20-22,24-26H2,1-15H3/b19-18+,30-23+/t28-,29+,31+,34+,35-,36-,37+,40+/m0/s1. The molecular weight excluding hydrogens is 633 g/mol. The molecule has 4 nitrogen and oxygen atoms in total. The second kappa shape index (κ2) is 13.6. The van der Waals surface area contributed by atoms with Gasteiger partial charge in [0.25, 0.3) is 0 Å². The van der Waals surface area contributed by atoms with Crippen molar-refractivity contribution in [2.45, 2.75) is 175 Å². The van der Waals surface area contributed by atoms with Crippen molar-refractivity contribution >= 4 is 26.5 Å². The first kappa shape index (κ1) is 39.3. The molecule has 4 rings (SSSR count). The van der Waals surface area contributed by atoms with Gasteiger partial charge in [0.15, 0.2) is 26.5 Å². The number of hydrogen-bond donors (Lipinski definition) is 0. The fraction of sp³-hybridized carbons (Fsp3) is 0.850. The molecule has 4 aliphatic rings. The van der Waals surface area contributed by atoms with E-state index in [2.05, 4.69) is 121 Å². The van der Waals surface area contributed by atoms with Gasteiger partial charge >= 0.3 is 0 Å². The van der Waals surface area contributed by atoms with Crippen LogP contribution in [0.25, 0.3) is 0 Å². The molecule has 0 spiro atoms. The van der Waals surface area contributed by atoms with E-state index >= 15 is 0 Å². The van der Waals surface area contributed by atoms with E-state index < -0.39 is 31.7 Å². The van der Waals surface area contributed by atoms with Crippen LogP contribution in [-0.2, 0) is 18.7 Å². The molecule has 0 N–H and O–H groups in total. The van der Waals surface area contributed by atoms with E-state index in [4.69, 9.17) is 8.85 Å². The Hall–Kier alpha value is -0.476. The lowest BCUT2D eigenvalue weighted by Crippen LogP contribution is -2.49. The highest BCUT2D eigenvalue weighted by atomic mass is 32.2. The third-order valence-corrected chi connectivity index (χ3v) is 25.1. The average molecular weight is 705 g/mol. The van der Waals surface area contributed by atoms with Crippen molar-refractivity contribution < 1.29 is 17.3 Å². The molecule has 0 aromatic rings. The molecule has 270 valence electrons. The lowest BCUT2D eigenvalue weighted by Gasteiger charge is -2.45. The van der Waals surface area contributed by atoms with Crippen LogP contribution in [0.1, 0.15) is 121 Å². The zero-order valence-electron chi connectivity index (χ0n) is 33.0. The van der Waals surface area contributed by atoms with Crippen LogP contribution in [0.4, 0.5) is 0 Å². The van der Waals surface area contributed by atoms with Crippen LogP contribution in [0.15, 0.2) is 34.9 Å². The monoisotopic (exact) mass is 704 g/mol. The maximum atomic E-state index is 14.2. The Morgan fingerprint density at radius 3 is 2.04 bits per heavy atom. The van der Waals surface area contributed by atoms with Crippen LogP contribution in [0.5, 0.6) is 0 Å². The Balaban J connectivity index is 1.70. The summed E-state index contributed by atoms with van der Waals surface area (Å²) in [5, 5.41) is -0.398. The number of sulfone groups is 1. The summed E-state index contributed by atoms with van der Waals surface area (Å²) in [5.74, 6) is 3.03. The molecule has 0 saturated heterocycles. The van der Waals surface area contributed by atoms with E-state index in [9.17, 15) is 8.42 Å². The highest BCUT2D eigenvalue weighted by Crippen LogP contribution is 2.60. The maximum Gasteiger partial charge on any atom is 0.192 e. The smallest absolute Gasteiger partial charge is 0.192 e. The van der Waals surface area contributed by atoms with Gasteiger partial charge in [0, 0.05) is 6.42 Å². The van der Waals surface area contributed by atoms with Crippen molar-refractivity contribution in [1.29, 1.82) is 0 Å². The summed E-state index contributed by atoms with van der Waals surface area (Å²) in [6.45, 7) is 34.8. The van der Waals surface area contributed by atoms with Gasteiger partial charge in [0.1, 0.15) is 5.25 Å². The van der Waals surface area contributed by atoms with E-state index in [1.54, 1.807) is 0 Å². The van der Waals surface area contributed by atoms with Gasteiger partial charge in [-0.3, -0.25) is 0 Å². The van der Waals surface area contributed by atoms with Gasteiger partial charge < -0.3 is 8.85 Å². The Morgan fingerprint density at radius 2 is 1.47 bits per heavy atom. The average Bonchev–Trinajstić information content (AvgIpc) is 3.39. The van der Waals surface area contributed by atoms with Crippen LogP contribution < -0.4 is 0 Å². The van der Waals surface area contributed by atoms with Gasteiger partial charge in [-0.1, -0.05) is 100.0 Å². The first-order valence-corrected chi connectivity index (χ1v) is 26.5. The second-order valence-corrected chi connectivity index (χ2v) is 31.4. The molecule has 2 fully saturated rings. The summed E-state index contributed by atoms with van der Waals surface area (Å²) in [6.07, 6.45) is 14.3. The van der Waals surface area contributed by atoms with Gasteiger partial charge in [-0.15, -0.1) is 0 Å². The molecule has 0 aromatic carbocycles. The molecule has 2 saturated carbocycles. The summed E-state index contributed by atoms with van der Waals surface area (Å²) in [6, 6.07) is 0. The summed E-state index contributed by atoms with van der Waals surface area (Å²) in [4.78, 5) is 0. The molecule has 1 aliphatic heterocycles. The number of hydrogen-bond acceptors (Lipinski definition) is 4. The Morgan fingerprint density at radius 1 is 0.872 bits per heavy atom. The van der Waals surface area contributed by atoms with Crippen molar-refractivity contribution in [3.8, 4) is 0 Å². The van der Waals surface area contributed by atoms with Gasteiger partial charge in [0.05, 0.1) is 18.0 Å². The highest BCUT2D eigenvalue weighted by molar-refractivity contribution is 7.92. The molecule has 0 radical (unpaired) electrons. The molecule has 0 bridgehead atoms. The first-order valence-electron chi connectivity index (χ1n) is 19.0. The maximum absolute atomic E-state index is 14.2. The predicted octanol–water partition coefficient (Wildman–Crippen LogP) is 11.3. The van der Waals surface area contributed by atoms with Gasteiger partial charge in [-0.25, -0.2) is 8.42 Å². The Kier molecular flexibility index (Phi) is 11.4. The Bertz CT molecular complexity index is 1340. The predicted molar refractivity (Wildman–Crippen MR) is 207 cm³/mol. The molecule has 47 heavy (non-hydrogen) atoms. The first-order chi connectivity index (χ1) is 21.3. The van der Waals surface area contributed by atoms with E-state index in [0.29, 0.717) is 36.0 Å². The minimum absolute atomic E-state index is 0.00744. The third-order valence-electron chi connectivity index (χ3n) is 14.1. The van der Waals surface area contributed by atoms with Crippen molar-refractivity contribution in [2.75, 3.05) is 5.75 Å².